The maximum Gasteiger partial charge on any atom is 0.0726 e. The van der Waals surface area contributed by atoms with Gasteiger partial charge in [-0.05, 0) is 25.7 Å². The van der Waals surface area contributed by atoms with Gasteiger partial charge in [0.2, 0.25) is 0 Å². The van der Waals surface area contributed by atoms with E-state index in [1.54, 1.807) is 0 Å². The maximum absolute atomic E-state index is 5.72. The number of nitrogens with zero attached hydrogens (tertiary/aromatic N) is 2. The van der Waals surface area contributed by atoms with Crippen LogP contribution in [0.1, 0.15) is 33.1 Å². The van der Waals surface area contributed by atoms with Crippen molar-refractivity contribution >= 4 is 5.69 Å². The molecule has 0 fully saturated rings. The van der Waals surface area contributed by atoms with Gasteiger partial charge in [0, 0.05) is 25.8 Å². The highest BCUT2D eigenvalue weighted by molar-refractivity contribution is 5.37. The Morgan fingerprint density at radius 1 is 1.44 bits per heavy atom. The van der Waals surface area contributed by atoms with Crippen LogP contribution in [0, 0.1) is 5.92 Å². The second-order valence-electron chi connectivity index (χ2n) is 4.80. The summed E-state index contributed by atoms with van der Waals surface area (Å²) in [5.74, 6) is 0.680. The largest absolute Gasteiger partial charge is 0.382 e. The highest BCUT2D eigenvalue weighted by Gasteiger charge is 2.03. The van der Waals surface area contributed by atoms with Crippen LogP contribution in [-0.4, -0.2) is 22.4 Å². The predicted molar refractivity (Wildman–Crippen MR) is 68.4 cm³/mol. The summed E-state index contributed by atoms with van der Waals surface area (Å²) >= 11 is 0. The third-order valence-electron chi connectivity index (χ3n) is 2.72. The molecule has 0 saturated heterocycles. The van der Waals surface area contributed by atoms with E-state index in [1.807, 2.05) is 24.1 Å². The molecule has 0 aliphatic rings. The van der Waals surface area contributed by atoms with Crippen LogP contribution in [0.2, 0.25) is 0 Å². The van der Waals surface area contributed by atoms with Crippen molar-refractivity contribution in [3.63, 3.8) is 0 Å². The Hall–Kier alpha value is -1.03. The number of hydrogen-bond donors (Lipinski definition) is 2. The van der Waals surface area contributed by atoms with Gasteiger partial charge in [0.25, 0.3) is 0 Å². The quantitative estimate of drug-likeness (QED) is 0.744. The van der Waals surface area contributed by atoms with Crippen LogP contribution >= 0.6 is 0 Å². The third kappa shape index (κ3) is 5.16. The van der Waals surface area contributed by atoms with Crippen molar-refractivity contribution in [2.45, 2.75) is 39.2 Å². The molecule has 0 saturated carbocycles. The molecule has 2 unspecified atom stereocenters. The van der Waals surface area contributed by atoms with E-state index in [0.29, 0.717) is 12.0 Å². The summed E-state index contributed by atoms with van der Waals surface area (Å²) in [5, 5.41) is 7.51. The molecule has 1 rings (SSSR count). The summed E-state index contributed by atoms with van der Waals surface area (Å²) in [7, 11) is 1.93. The van der Waals surface area contributed by atoms with Crippen LogP contribution in [0.25, 0.3) is 0 Å². The molecule has 0 aromatic carbocycles. The van der Waals surface area contributed by atoms with E-state index >= 15 is 0 Å². The van der Waals surface area contributed by atoms with Gasteiger partial charge in [-0.2, -0.15) is 5.10 Å². The van der Waals surface area contributed by atoms with Crippen molar-refractivity contribution in [2.24, 2.45) is 18.7 Å². The Morgan fingerprint density at radius 2 is 2.19 bits per heavy atom. The van der Waals surface area contributed by atoms with Gasteiger partial charge in [-0.1, -0.05) is 13.3 Å². The number of nitrogens with one attached hydrogen (secondary N) is 1. The van der Waals surface area contributed by atoms with Crippen LogP contribution in [0.3, 0.4) is 0 Å². The van der Waals surface area contributed by atoms with Crippen molar-refractivity contribution in [1.82, 2.24) is 9.78 Å². The first-order valence-corrected chi connectivity index (χ1v) is 6.06. The molecule has 0 spiro atoms. The van der Waals surface area contributed by atoms with Crippen molar-refractivity contribution in [1.29, 1.82) is 0 Å². The Morgan fingerprint density at radius 3 is 2.75 bits per heavy atom. The lowest BCUT2D eigenvalue weighted by atomic mass is 10.0. The number of anilines is 1. The zero-order valence-corrected chi connectivity index (χ0v) is 10.6. The van der Waals surface area contributed by atoms with Gasteiger partial charge < -0.3 is 11.1 Å². The van der Waals surface area contributed by atoms with Crippen molar-refractivity contribution in [3.05, 3.63) is 12.4 Å². The molecule has 92 valence electrons. The zero-order valence-electron chi connectivity index (χ0n) is 10.6. The normalized spacial score (nSPS) is 14.8. The standard InChI is InChI=1S/C12H24N4/c1-10(5-4-6-11(2)13)7-14-12-8-15-16(3)9-12/h8-11,14H,4-7,13H2,1-3H3. The number of aryl methyl sites for hydroxylation is 1. The molecule has 0 amide bonds. The number of aromatic nitrogens is 2. The van der Waals surface area contributed by atoms with Crippen LogP contribution in [0.4, 0.5) is 5.69 Å². The molecular weight excluding hydrogens is 200 g/mol. The third-order valence-corrected chi connectivity index (χ3v) is 2.72. The Balaban J connectivity index is 2.12. The Bertz CT molecular complexity index is 293. The first-order chi connectivity index (χ1) is 7.58. The van der Waals surface area contributed by atoms with Crippen molar-refractivity contribution in [3.8, 4) is 0 Å². The number of nitrogens with two attached hydrogens (primary N) is 1. The maximum atomic E-state index is 5.72. The molecule has 0 aliphatic heterocycles. The van der Waals surface area contributed by atoms with Gasteiger partial charge in [-0.15, -0.1) is 0 Å². The summed E-state index contributed by atoms with van der Waals surface area (Å²) < 4.78 is 1.81. The second kappa shape index (κ2) is 6.53. The first-order valence-electron chi connectivity index (χ1n) is 6.06. The number of rotatable bonds is 7. The van der Waals surface area contributed by atoms with E-state index in [2.05, 4.69) is 24.3 Å². The van der Waals surface area contributed by atoms with Crippen LogP contribution < -0.4 is 11.1 Å². The SMILES string of the molecule is CC(N)CCCC(C)CNc1cnn(C)c1. The Kier molecular flexibility index (Phi) is 5.32. The van der Waals surface area contributed by atoms with E-state index in [0.717, 1.165) is 18.7 Å². The molecule has 4 heteroatoms. The van der Waals surface area contributed by atoms with E-state index < -0.39 is 0 Å². The van der Waals surface area contributed by atoms with Gasteiger partial charge in [0.1, 0.15) is 0 Å². The lowest BCUT2D eigenvalue weighted by molar-refractivity contribution is 0.496. The van der Waals surface area contributed by atoms with Crippen LogP contribution in [0.5, 0.6) is 0 Å². The summed E-state index contributed by atoms with van der Waals surface area (Å²) in [6.07, 6.45) is 7.42. The highest BCUT2D eigenvalue weighted by atomic mass is 15.3. The topological polar surface area (TPSA) is 55.9 Å². The average Bonchev–Trinajstić information content (AvgIpc) is 2.61. The minimum atomic E-state index is 0.332. The van der Waals surface area contributed by atoms with Gasteiger partial charge in [-0.25, -0.2) is 0 Å². The van der Waals surface area contributed by atoms with E-state index in [4.69, 9.17) is 5.73 Å². The molecule has 4 nitrogen and oxygen atoms in total. The summed E-state index contributed by atoms with van der Waals surface area (Å²) in [6, 6.07) is 0.332. The molecule has 16 heavy (non-hydrogen) atoms. The minimum Gasteiger partial charge on any atom is -0.382 e. The van der Waals surface area contributed by atoms with Crippen LogP contribution in [-0.2, 0) is 7.05 Å². The van der Waals surface area contributed by atoms with Gasteiger partial charge >= 0.3 is 0 Å². The summed E-state index contributed by atoms with van der Waals surface area (Å²) in [5.41, 5.74) is 6.82. The molecule has 0 bridgehead atoms. The predicted octanol–water partition coefficient (Wildman–Crippen LogP) is 1.99. The van der Waals surface area contributed by atoms with Gasteiger partial charge in [-0.3, -0.25) is 4.68 Å². The van der Waals surface area contributed by atoms with Gasteiger partial charge in [0.05, 0.1) is 11.9 Å². The monoisotopic (exact) mass is 224 g/mol. The molecule has 1 heterocycles. The molecule has 1 aromatic rings. The van der Waals surface area contributed by atoms with E-state index in [9.17, 15) is 0 Å². The van der Waals surface area contributed by atoms with Crippen molar-refractivity contribution in [2.75, 3.05) is 11.9 Å². The zero-order chi connectivity index (χ0) is 12.0. The first kappa shape index (κ1) is 13.0. The van der Waals surface area contributed by atoms with Crippen molar-refractivity contribution < 1.29 is 0 Å². The molecular formula is C12H24N4. The smallest absolute Gasteiger partial charge is 0.0726 e. The van der Waals surface area contributed by atoms with Crippen LogP contribution in [0.15, 0.2) is 12.4 Å². The summed E-state index contributed by atoms with van der Waals surface area (Å²) in [4.78, 5) is 0. The molecule has 0 aliphatic carbocycles. The fraction of sp³-hybridized carbons (Fsp3) is 0.750. The molecule has 0 radical (unpaired) electrons. The van der Waals surface area contributed by atoms with E-state index in [-0.39, 0.29) is 0 Å². The highest BCUT2D eigenvalue weighted by Crippen LogP contribution is 2.11. The molecule has 2 atom stereocenters. The second-order valence-corrected chi connectivity index (χ2v) is 4.80. The Labute approximate surface area is 98.2 Å². The average molecular weight is 224 g/mol. The molecule has 3 N–H and O–H groups in total. The fourth-order valence-corrected chi connectivity index (χ4v) is 1.69. The van der Waals surface area contributed by atoms with E-state index in [1.165, 1.54) is 12.8 Å². The number of hydrogen-bond acceptors (Lipinski definition) is 3. The minimum absolute atomic E-state index is 0.332. The lowest BCUT2D eigenvalue weighted by Gasteiger charge is -2.13. The fourth-order valence-electron chi connectivity index (χ4n) is 1.69. The van der Waals surface area contributed by atoms with Gasteiger partial charge in [0.15, 0.2) is 0 Å². The lowest BCUT2D eigenvalue weighted by Crippen LogP contribution is -2.16. The molecule has 1 aromatic heterocycles. The summed E-state index contributed by atoms with van der Waals surface area (Å²) in [6.45, 7) is 5.34.